The Balaban J connectivity index is 2.82. The molecule has 1 aromatic rings. The minimum Gasteiger partial charge on any atom is -0.383 e. The predicted octanol–water partition coefficient (Wildman–Crippen LogP) is 3.46. The van der Waals surface area contributed by atoms with E-state index in [2.05, 4.69) is 19.2 Å². The molecule has 6 heteroatoms. The average molecular weight is 364 g/mol. The molecular formula is C20H29FN2O3. The summed E-state index contributed by atoms with van der Waals surface area (Å²) in [4.78, 5) is 34.8. The van der Waals surface area contributed by atoms with E-state index in [1.54, 1.807) is 11.9 Å². The van der Waals surface area contributed by atoms with Crippen LogP contribution in [0.3, 0.4) is 0 Å². The Kier molecular flexibility index (Phi) is 9.73. The molecule has 0 amide bonds. The molecule has 26 heavy (non-hydrogen) atoms. The predicted molar refractivity (Wildman–Crippen MR) is 101 cm³/mol. The molecule has 1 rings (SSSR count). The van der Waals surface area contributed by atoms with E-state index in [0.717, 1.165) is 25.4 Å². The van der Waals surface area contributed by atoms with Crippen molar-refractivity contribution in [3.8, 4) is 0 Å². The number of halogens is 1. The standard InChI is InChI=1S/C20H29FN2O3/c1-15(2)6-4-8-22-20-11-17(13-25)16(10-19(20)21)12-23(3)18(14-26)7-5-9-24/h9-11,13-15,18,22H,4-8,12H2,1-3H3. The van der Waals surface area contributed by atoms with Crippen LogP contribution in [0.5, 0.6) is 0 Å². The zero-order valence-corrected chi connectivity index (χ0v) is 15.8. The first kappa shape index (κ1) is 22.0. The first-order chi connectivity index (χ1) is 12.4. The monoisotopic (exact) mass is 364 g/mol. The van der Waals surface area contributed by atoms with Gasteiger partial charge in [-0.2, -0.15) is 0 Å². The summed E-state index contributed by atoms with van der Waals surface area (Å²) in [6.45, 7) is 5.17. The van der Waals surface area contributed by atoms with Crippen LogP contribution in [0.4, 0.5) is 10.1 Å². The van der Waals surface area contributed by atoms with Gasteiger partial charge in [0.05, 0.1) is 11.7 Å². The quantitative estimate of drug-likeness (QED) is 0.429. The molecule has 0 saturated carbocycles. The fourth-order valence-corrected chi connectivity index (χ4v) is 2.76. The Bertz CT molecular complexity index is 605. The fraction of sp³-hybridized carbons (Fsp3) is 0.550. The van der Waals surface area contributed by atoms with E-state index in [0.29, 0.717) is 42.0 Å². The Labute approximate surface area is 155 Å². The summed E-state index contributed by atoms with van der Waals surface area (Å²) in [6.07, 6.45) is 4.89. The topological polar surface area (TPSA) is 66.5 Å². The van der Waals surface area contributed by atoms with Crippen molar-refractivity contribution in [3.05, 3.63) is 29.1 Å². The number of carbonyl (C=O) groups is 3. The summed E-state index contributed by atoms with van der Waals surface area (Å²) in [6, 6.07) is 2.41. The van der Waals surface area contributed by atoms with Crippen LogP contribution in [0.1, 0.15) is 55.5 Å². The second-order valence-electron chi connectivity index (χ2n) is 6.97. The van der Waals surface area contributed by atoms with Gasteiger partial charge in [0.15, 0.2) is 0 Å². The summed E-state index contributed by atoms with van der Waals surface area (Å²) in [5, 5.41) is 3.04. The number of likely N-dealkylation sites (N-methyl/N-ethyl adjacent to an activating group) is 1. The first-order valence-corrected chi connectivity index (χ1v) is 9.03. The normalized spacial score (nSPS) is 12.2. The van der Waals surface area contributed by atoms with Gasteiger partial charge < -0.3 is 14.9 Å². The number of benzene rings is 1. The highest BCUT2D eigenvalue weighted by Crippen LogP contribution is 2.22. The van der Waals surface area contributed by atoms with E-state index in [1.165, 1.54) is 12.1 Å². The fourth-order valence-electron chi connectivity index (χ4n) is 2.76. The third-order valence-electron chi connectivity index (χ3n) is 4.35. The van der Waals surface area contributed by atoms with Gasteiger partial charge in [-0.15, -0.1) is 0 Å². The molecule has 0 aliphatic heterocycles. The molecule has 1 N–H and O–H groups in total. The molecule has 0 aliphatic rings. The molecule has 0 fully saturated rings. The molecular weight excluding hydrogens is 335 g/mol. The second kappa shape index (κ2) is 11.5. The Morgan fingerprint density at radius 3 is 2.50 bits per heavy atom. The zero-order chi connectivity index (χ0) is 19.5. The lowest BCUT2D eigenvalue weighted by Crippen LogP contribution is -2.33. The largest absolute Gasteiger partial charge is 0.383 e. The minimum absolute atomic E-state index is 0.251. The van der Waals surface area contributed by atoms with Gasteiger partial charge in [-0.3, -0.25) is 9.69 Å². The van der Waals surface area contributed by atoms with Gasteiger partial charge in [0.2, 0.25) is 0 Å². The molecule has 0 radical (unpaired) electrons. The lowest BCUT2D eigenvalue weighted by atomic mass is 10.0. The summed E-state index contributed by atoms with van der Waals surface area (Å²) in [5.41, 5.74) is 1.23. The van der Waals surface area contributed by atoms with Crippen LogP contribution in [0.15, 0.2) is 12.1 Å². The van der Waals surface area contributed by atoms with E-state index in [4.69, 9.17) is 0 Å². The van der Waals surface area contributed by atoms with Crippen molar-refractivity contribution in [2.24, 2.45) is 5.92 Å². The molecule has 1 unspecified atom stereocenters. The SMILES string of the molecule is CC(C)CCCNc1cc(C=O)c(CN(C)C(C=O)CCC=O)cc1F. The Morgan fingerprint density at radius 2 is 1.92 bits per heavy atom. The lowest BCUT2D eigenvalue weighted by molar-refractivity contribution is -0.113. The number of nitrogens with zero attached hydrogens (tertiary/aromatic N) is 1. The first-order valence-electron chi connectivity index (χ1n) is 9.03. The number of anilines is 1. The maximum Gasteiger partial charge on any atom is 0.150 e. The highest BCUT2D eigenvalue weighted by molar-refractivity contribution is 5.79. The van der Waals surface area contributed by atoms with Crippen molar-refractivity contribution in [2.45, 2.75) is 52.1 Å². The summed E-state index contributed by atoms with van der Waals surface area (Å²) in [7, 11) is 1.72. The second-order valence-corrected chi connectivity index (χ2v) is 6.97. The van der Waals surface area contributed by atoms with E-state index < -0.39 is 11.9 Å². The highest BCUT2D eigenvalue weighted by Gasteiger charge is 2.17. The molecule has 144 valence electrons. The number of nitrogens with one attached hydrogen (secondary N) is 1. The average Bonchev–Trinajstić information content (AvgIpc) is 2.60. The van der Waals surface area contributed by atoms with Gasteiger partial charge in [-0.05, 0) is 49.9 Å². The van der Waals surface area contributed by atoms with E-state index in [9.17, 15) is 18.8 Å². The number of hydrogen-bond acceptors (Lipinski definition) is 5. The van der Waals surface area contributed by atoms with Gasteiger partial charge in [-0.25, -0.2) is 4.39 Å². The number of carbonyl (C=O) groups excluding carboxylic acids is 3. The third-order valence-corrected chi connectivity index (χ3v) is 4.35. The van der Waals surface area contributed by atoms with Crippen LogP contribution in [0, 0.1) is 11.7 Å². The lowest BCUT2D eigenvalue weighted by Gasteiger charge is -2.24. The van der Waals surface area contributed by atoms with Crippen LogP contribution in [0.2, 0.25) is 0 Å². The van der Waals surface area contributed by atoms with Crippen LogP contribution < -0.4 is 5.32 Å². The van der Waals surface area contributed by atoms with Crippen molar-refractivity contribution in [1.82, 2.24) is 4.90 Å². The minimum atomic E-state index is -0.448. The number of rotatable bonds is 13. The highest BCUT2D eigenvalue weighted by atomic mass is 19.1. The van der Waals surface area contributed by atoms with Crippen LogP contribution in [0.25, 0.3) is 0 Å². The molecule has 0 bridgehead atoms. The number of hydrogen-bond donors (Lipinski definition) is 1. The Hall–Kier alpha value is -2.08. The summed E-state index contributed by atoms with van der Waals surface area (Å²) in [5.74, 6) is 0.175. The van der Waals surface area contributed by atoms with Crippen molar-refractivity contribution in [1.29, 1.82) is 0 Å². The van der Waals surface area contributed by atoms with Crippen LogP contribution in [-0.4, -0.2) is 43.4 Å². The smallest absolute Gasteiger partial charge is 0.150 e. The van der Waals surface area contributed by atoms with Gasteiger partial charge in [0, 0.05) is 25.1 Å². The van der Waals surface area contributed by atoms with Crippen molar-refractivity contribution < 1.29 is 18.8 Å². The van der Waals surface area contributed by atoms with Crippen molar-refractivity contribution in [3.63, 3.8) is 0 Å². The van der Waals surface area contributed by atoms with Gasteiger partial charge in [0.1, 0.15) is 24.7 Å². The molecule has 0 saturated heterocycles. The van der Waals surface area contributed by atoms with Crippen LogP contribution >= 0.6 is 0 Å². The molecule has 1 aromatic carbocycles. The van der Waals surface area contributed by atoms with Crippen molar-refractivity contribution in [2.75, 3.05) is 18.9 Å². The summed E-state index contributed by atoms with van der Waals surface area (Å²) < 4.78 is 14.4. The van der Waals surface area contributed by atoms with E-state index >= 15 is 0 Å². The zero-order valence-electron chi connectivity index (χ0n) is 15.8. The molecule has 0 aromatic heterocycles. The van der Waals surface area contributed by atoms with Gasteiger partial charge in [-0.1, -0.05) is 13.8 Å². The van der Waals surface area contributed by atoms with E-state index in [-0.39, 0.29) is 13.0 Å². The molecule has 0 heterocycles. The number of aldehydes is 3. The van der Waals surface area contributed by atoms with Gasteiger partial charge >= 0.3 is 0 Å². The Morgan fingerprint density at radius 1 is 1.19 bits per heavy atom. The molecule has 1 atom stereocenters. The molecule has 0 aliphatic carbocycles. The van der Waals surface area contributed by atoms with E-state index in [1.807, 2.05) is 0 Å². The summed E-state index contributed by atoms with van der Waals surface area (Å²) >= 11 is 0. The van der Waals surface area contributed by atoms with Crippen molar-refractivity contribution >= 4 is 24.5 Å². The third kappa shape index (κ3) is 7.04. The molecule has 5 nitrogen and oxygen atoms in total. The van der Waals surface area contributed by atoms with Gasteiger partial charge in [0.25, 0.3) is 0 Å². The maximum atomic E-state index is 14.4. The molecule has 0 spiro atoms. The van der Waals surface area contributed by atoms with Crippen LogP contribution in [-0.2, 0) is 16.1 Å². The maximum absolute atomic E-state index is 14.4.